The summed E-state index contributed by atoms with van der Waals surface area (Å²) in [5.74, 6) is 0.931. The fraction of sp³-hybridized carbons (Fsp3) is 1.00. The van der Waals surface area contributed by atoms with Crippen molar-refractivity contribution in [1.82, 2.24) is 0 Å². The summed E-state index contributed by atoms with van der Waals surface area (Å²) in [6, 6.07) is 0. The standard InChI is InChI=1S/C11H19IO/c1-9-3-2-4-11(7-9)5-6-13-10(11)8-12/h9-10H,2-8H2,1H3. The minimum absolute atomic E-state index is 0.566. The van der Waals surface area contributed by atoms with Crippen LogP contribution in [-0.2, 0) is 4.74 Å². The molecule has 1 aliphatic heterocycles. The maximum Gasteiger partial charge on any atom is 0.0721 e. The highest BCUT2D eigenvalue weighted by Gasteiger charge is 2.45. The second kappa shape index (κ2) is 4.05. The van der Waals surface area contributed by atoms with Crippen LogP contribution in [0.5, 0.6) is 0 Å². The van der Waals surface area contributed by atoms with E-state index < -0.39 is 0 Å². The first-order chi connectivity index (χ1) is 6.27. The highest BCUT2D eigenvalue weighted by atomic mass is 127. The van der Waals surface area contributed by atoms with Gasteiger partial charge in [-0.05, 0) is 30.6 Å². The molecule has 2 aliphatic rings. The van der Waals surface area contributed by atoms with Gasteiger partial charge in [0, 0.05) is 11.0 Å². The summed E-state index contributed by atoms with van der Waals surface area (Å²) in [6.07, 6.45) is 7.60. The lowest BCUT2D eigenvalue weighted by atomic mass is 9.66. The van der Waals surface area contributed by atoms with Gasteiger partial charge >= 0.3 is 0 Å². The predicted octanol–water partition coefficient (Wildman–Crippen LogP) is 3.41. The van der Waals surface area contributed by atoms with Crippen molar-refractivity contribution in [2.75, 3.05) is 11.0 Å². The highest BCUT2D eigenvalue weighted by molar-refractivity contribution is 14.1. The Morgan fingerprint density at radius 1 is 1.46 bits per heavy atom. The molecule has 0 bridgehead atoms. The van der Waals surface area contributed by atoms with Crippen molar-refractivity contribution in [3.8, 4) is 0 Å². The van der Waals surface area contributed by atoms with E-state index in [0.717, 1.165) is 12.5 Å². The normalized spacial score (nSPS) is 45.7. The Kier molecular flexibility index (Phi) is 3.18. The molecule has 1 saturated carbocycles. The molecule has 13 heavy (non-hydrogen) atoms. The Labute approximate surface area is 94.8 Å². The van der Waals surface area contributed by atoms with Gasteiger partial charge in [-0.25, -0.2) is 0 Å². The number of alkyl halides is 1. The summed E-state index contributed by atoms with van der Waals surface area (Å²) in [5, 5.41) is 0. The van der Waals surface area contributed by atoms with E-state index in [0.29, 0.717) is 11.5 Å². The molecule has 3 atom stereocenters. The van der Waals surface area contributed by atoms with Crippen molar-refractivity contribution in [1.29, 1.82) is 0 Å². The molecule has 1 heterocycles. The molecular weight excluding hydrogens is 275 g/mol. The third-order valence-electron chi connectivity index (χ3n) is 3.87. The number of hydrogen-bond acceptors (Lipinski definition) is 1. The largest absolute Gasteiger partial charge is 0.377 e. The van der Waals surface area contributed by atoms with E-state index in [9.17, 15) is 0 Å². The van der Waals surface area contributed by atoms with Crippen molar-refractivity contribution in [3.05, 3.63) is 0 Å². The SMILES string of the molecule is CC1CCCC2(CCOC2CI)C1. The third-order valence-corrected chi connectivity index (χ3v) is 4.67. The van der Waals surface area contributed by atoms with Gasteiger partial charge in [-0.3, -0.25) is 0 Å². The van der Waals surface area contributed by atoms with Crippen molar-refractivity contribution in [2.24, 2.45) is 11.3 Å². The molecule has 1 nitrogen and oxygen atoms in total. The van der Waals surface area contributed by atoms with E-state index in [4.69, 9.17) is 4.74 Å². The fourth-order valence-electron chi connectivity index (χ4n) is 3.17. The molecule has 0 aromatic carbocycles. The van der Waals surface area contributed by atoms with E-state index in [1.807, 2.05) is 0 Å². The second-order valence-corrected chi connectivity index (χ2v) is 5.71. The molecule has 0 amide bonds. The summed E-state index contributed by atoms with van der Waals surface area (Å²) >= 11 is 2.48. The second-order valence-electron chi connectivity index (χ2n) is 4.83. The number of rotatable bonds is 1. The molecule has 1 spiro atoms. The lowest BCUT2D eigenvalue weighted by Gasteiger charge is -2.39. The van der Waals surface area contributed by atoms with Crippen LogP contribution in [0.1, 0.15) is 39.0 Å². The number of halogens is 1. The molecule has 2 rings (SSSR count). The first-order valence-electron chi connectivity index (χ1n) is 5.44. The third kappa shape index (κ3) is 1.89. The van der Waals surface area contributed by atoms with Gasteiger partial charge in [0.2, 0.25) is 0 Å². The van der Waals surface area contributed by atoms with Gasteiger partial charge in [-0.1, -0.05) is 42.4 Å². The molecule has 0 N–H and O–H groups in total. The zero-order valence-electron chi connectivity index (χ0n) is 8.39. The van der Waals surface area contributed by atoms with E-state index >= 15 is 0 Å². The number of hydrogen-bond donors (Lipinski definition) is 0. The van der Waals surface area contributed by atoms with Crippen LogP contribution in [0.4, 0.5) is 0 Å². The van der Waals surface area contributed by atoms with Crippen LogP contribution in [-0.4, -0.2) is 17.1 Å². The predicted molar refractivity (Wildman–Crippen MR) is 63.3 cm³/mol. The lowest BCUT2D eigenvalue weighted by molar-refractivity contribution is 0.0349. The Morgan fingerprint density at radius 2 is 2.31 bits per heavy atom. The summed E-state index contributed by atoms with van der Waals surface area (Å²) in [5.41, 5.74) is 0.582. The molecule has 3 unspecified atom stereocenters. The lowest BCUT2D eigenvalue weighted by Crippen LogP contribution is -2.36. The summed E-state index contributed by atoms with van der Waals surface area (Å²) < 4.78 is 7.02. The first kappa shape index (κ1) is 10.2. The number of ether oxygens (including phenoxy) is 1. The zero-order chi connectivity index (χ0) is 9.31. The molecule has 1 saturated heterocycles. The van der Waals surface area contributed by atoms with Crippen LogP contribution in [0.25, 0.3) is 0 Å². The van der Waals surface area contributed by atoms with E-state index in [1.54, 1.807) is 0 Å². The van der Waals surface area contributed by atoms with Gasteiger partial charge in [-0.15, -0.1) is 0 Å². The summed E-state index contributed by atoms with van der Waals surface area (Å²) in [6.45, 7) is 3.42. The van der Waals surface area contributed by atoms with Crippen LogP contribution >= 0.6 is 22.6 Å². The minimum atomic E-state index is 0.566. The fourth-order valence-corrected chi connectivity index (χ4v) is 4.36. The smallest absolute Gasteiger partial charge is 0.0721 e. The molecule has 76 valence electrons. The van der Waals surface area contributed by atoms with E-state index in [-0.39, 0.29) is 0 Å². The first-order valence-corrected chi connectivity index (χ1v) is 6.97. The van der Waals surface area contributed by atoms with Gasteiger partial charge < -0.3 is 4.74 Å². The van der Waals surface area contributed by atoms with Crippen molar-refractivity contribution < 1.29 is 4.74 Å². The van der Waals surface area contributed by atoms with Crippen LogP contribution in [0.2, 0.25) is 0 Å². The Hall–Kier alpha value is 0.690. The molecular formula is C11H19IO. The zero-order valence-corrected chi connectivity index (χ0v) is 10.5. The molecule has 0 radical (unpaired) electrons. The maximum atomic E-state index is 5.84. The quantitative estimate of drug-likeness (QED) is 0.532. The van der Waals surface area contributed by atoms with Crippen LogP contribution in [0.3, 0.4) is 0 Å². The van der Waals surface area contributed by atoms with Gasteiger partial charge in [-0.2, -0.15) is 0 Å². The Balaban J connectivity index is 2.08. The molecule has 2 fully saturated rings. The van der Waals surface area contributed by atoms with E-state index in [1.165, 1.54) is 36.5 Å². The average Bonchev–Trinajstić information content (AvgIpc) is 2.47. The monoisotopic (exact) mass is 294 g/mol. The minimum Gasteiger partial charge on any atom is -0.377 e. The summed E-state index contributed by atoms with van der Waals surface area (Å²) in [7, 11) is 0. The summed E-state index contributed by atoms with van der Waals surface area (Å²) in [4.78, 5) is 0. The van der Waals surface area contributed by atoms with Crippen molar-refractivity contribution >= 4 is 22.6 Å². The van der Waals surface area contributed by atoms with Crippen LogP contribution in [0.15, 0.2) is 0 Å². The Bertz CT molecular complexity index is 183. The maximum absolute atomic E-state index is 5.84. The van der Waals surface area contributed by atoms with Gasteiger partial charge in [0.25, 0.3) is 0 Å². The topological polar surface area (TPSA) is 9.23 Å². The molecule has 1 aliphatic carbocycles. The van der Waals surface area contributed by atoms with Crippen molar-refractivity contribution in [2.45, 2.75) is 45.1 Å². The van der Waals surface area contributed by atoms with Crippen LogP contribution in [0, 0.1) is 11.3 Å². The molecule has 0 aromatic rings. The molecule has 2 heteroatoms. The van der Waals surface area contributed by atoms with Gasteiger partial charge in [0.15, 0.2) is 0 Å². The van der Waals surface area contributed by atoms with Gasteiger partial charge in [0.05, 0.1) is 6.10 Å². The van der Waals surface area contributed by atoms with Crippen LogP contribution < -0.4 is 0 Å². The Morgan fingerprint density at radius 3 is 3.00 bits per heavy atom. The van der Waals surface area contributed by atoms with E-state index in [2.05, 4.69) is 29.5 Å². The van der Waals surface area contributed by atoms with Gasteiger partial charge in [0.1, 0.15) is 0 Å². The average molecular weight is 294 g/mol. The highest BCUT2D eigenvalue weighted by Crippen LogP contribution is 2.49. The molecule has 0 aromatic heterocycles. The van der Waals surface area contributed by atoms with Crippen molar-refractivity contribution in [3.63, 3.8) is 0 Å².